The van der Waals surface area contributed by atoms with Gasteiger partial charge >= 0.3 is 12.2 Å². The van der Waals surface area contributed by atoms with E-state index in [-0.39, 0.29) is 31.3 Å². The maximum Gasteiger partial charge on any atom is 0.414 e. The fourth-order valence-electron chi connectivity index (χ4n) is 4.34. The third-order valence-corrected chi connectivity index (χ3v) is 11.4. The van der Waals surface area contributed by atoms with Crippen LogP contribution in [0.1, 0.15) is 61.3 Å². The molecule has 0 spiro atoms. The van der Waals surface area contributed by atoms with Crippen LogP contribution in [0.2, 0.25) is 0 Å². The first-order chi connectivity index (χ1) is 17.3. The molecule has 0 radical (unpaired) electrons. The molecule has 5 N–H and O–H groups in total. The number of amides is 3. The van der Waals surface area contributed by atoms with E-state index >= 15 is 0 Å². The number of hydrogen-bond acceptors (Lipinski definition) is 11. The van der Waals surface area contributed by atoms with Gasteiger partial charge in [0.25, 0.3) is 0 Å². The molecule has 0 aliphatic heterocycles. The van der Waals surface area contributed by atoms with E-state index in [0.29, 0.717) is 0 Å². The highest BCUT2D eigenvalue weighted by atomic mass is 32.3. The minimum Gasteiger partial charge on any atom is -0.444 e. The van der Waals surface area contributed by atoms with Crippen LogP contribution in [0.25, 0.3) is 0 Å². The van der Waals surface area contributed by atoms with E-state index in [9.17, 15) is 24.6 Å². The van der Waals surface area contributed by atoms with Gasteiger partial charge in [0, 0.05) is 19.3 Å². The van der Waals surface area contributed by atoms with Crippen LogP contribution >= 0.6 is 35.3 Å². The second-order valence-electron chi connectivity index (χ2n) is 11.1. The fourth-order valence-corrected chi connectivity index (χ4v) is 7.98. The zero-order chi connectivity index (χ0) is 29.5. The molecule has 3 unspecified atom stereocenters. The molecule has 0 bridgehead atoms. The summed E-state index contributed by atoms with van der Waals surface area (Å²) >= 11 is 4.51. The quantitative estimate of drug-likeness (QED) is 0.160. The number of guanidine groups is 1. The molecule has 11 nitrogen and oxygen atoms in total. The van der Waals surface area contributed by atoms with E-state index < -0.39 is 50.4 Å². The first kappa shape index (κ1) is 34.7. The van der Waals surface area contributed by atoms with Crippen LogP contribution in [0.4, 0.5) is 9.59 Å². The highest BCUT2D eigenvalue weighted by Gasteiger charge is 2.58. The summed E-state index contributed by atoms with van der Waals surface area (Å²) < 4.78 is 10.00. The van der Waals surface area contributed by atoms with Crippen molar-refractivity contribution in [1.29, 1.82) is 0 Å². The highest BCUT2D eigenvalue weighted by molar-refractivity contribution is 8.33. The van der Waals surface area contributed by atoms with Crippen molar-refractivity contribution in [3.8, 4) is 0 Å². The molecule has 14 heteroatoms. The molecular formula is C24H44N4O7S3. The average Bonchev–Trinajstić information content (AvgIpc) is 3.07. The number of aliphatic imine (C=N–C) groups is 1. The van der Waals surface area contributed by atoms with E-state index in [1.165, 1.54) is 42.2 Å². The molecule has 1 aliphatic carbocycles. The predicted octanol–water partition coefficient (Wildman–Crippen LogP) is 3.14. The van der Waals surface area contributed by atoms with E-state index in [1.54, 1.807) is 41.5 Å². The van der Waals surface area contributed by atoms with Crippen molar-refractivity contribution in [2.45, 2.75) is 93.6 Å². The standard InChI is InChI=1S/C24H44N4O7S3/c1-14(30)25-17(13-29)15-11-23(33,24(36-8,37-9)38-10)12-16(15)26-18(27-19(31)34-21(2,3)4)28-20(32)35-22(5,6)7/h15-17,29,33H,11-13H2,1-10H3,(H,25,30)(H2,26,27,28,31,32)/t15?,16?,17?,23-/m1/s1. The molecule has 1 rings (SSSR count). The number of aliphatic hydroxyl groups is 2. The molecule has 0 aromatic heterocycles. The first-order valence-corrected chi connectivity index (χ1v) is 15.8. The largest absolute Gasteiger partial charge is 0.444 e. The van der Waals surface area contributed by atoms with Gasteiger partial charge in [-0.3, -0.25) is 15.4 Å². The van der Waals surface area contributed by atoms with Gasteiger partial charge in [-0.25, -0.2) is 14.6 Å². The van der Waals surface area contributed by atoms with Crippen molar-refractivity contribution in [3.05, 3.63) is 0 Å². The molecular weight excluding hydrogens is 552 g/mol. The zero-order valence-corrected chi connectivity index (χ0v) is 26.4. The van der Waals surface area contributed by atoms with Gasteiger partial charge in [-0.2, -0.15) is 0 Å². The second-order valence-corrected chi connectivity index (χ2v) is 14.9. The summed E-state index contributed by atoms with van der Waals surface area (Å²) in [6.45, 7) is 11.2. The van der Waals surface area contributed by atoms with Crippen molar-refractivity contribution in [1.82, 2.24) is 16.0 Å². The van der Waals surface area contributed by atoms with Crippen LogP contribution in [0.5, 0.6) is 0 Å². The van der Waals surface area contributed by atoms with Crippen molar-refractivity contribution < 1.29 is 34.1 Å². The summed E-state index contributed by atoms with van der Waals surface area (Å²) in [7, 11) is 0. The Bertz CT molecular complexity index is 832. The number of nitrogens with zero attached hydrogens (tertiary/aromatic N) is 1. The lowest BCUT2D eigenvalue weighted by Gasteiger charge is -2.42. The Morgan fingerprint density at radius 1 is 0.947 bits per heavy atom. The molecule has 0 heterocycles. The van der Waals surface area contributed by atoms with Gasteiger partial charge in [0.1, 0.15) is 20.2 Å². The van der Waals surface area contributed by atoms with Crippen molar-refractivity contribution in [2.75, 3.05) is 25.4 Å². The van der Waals surface area contributed by atoms with Crippen molar-refractivity contribution in [2.24, 2.45) is 10.9 Å². The lowest BCUT2D eigenvalue weighted by atomic mass is 9.93. The average molecular weight is 597 g/mol. The number of carbonyl (C=O) groups excluding carboxylic acids is 3. The fraction of sp³-hybridized carbons (Fsp3) is 0.833. The number of thioether (sulfide) groups is 3. The summed E-state index contributed by atoms with van der Waals surface area (Å²) in [5, 5.41) is 29.8. The topological polar surface area (TPSA) is 159 Å². The summed E-state index contributed by atoms with van der Waals surface area (Å²) in [5.74, 6) is -1.09. The molecule has 4 atom stereocenters. The predicted molar refractivity (Wildman–Crippen MR) is 156 cm³/mol. The second kappa shape index (κ2) is 13.8. The van der Waals surface area contributed by atoms with Crippen LogP contribution in [-0.2, 0) is 14.3 Å². The van der Waals surface area contributed by atoms with Crippen LogP contribution in [0.3, 0.4) is 0 Å². The van der Waals surface area contributed by atoms with Gasteiger partial charge in [0.2, 0.25) is 11.9 Å². The van der Waals surface area contributed by atoms with Gasteiger partial charge in [0.15, 0.2) is 0 Å². The van der Waals surface area contributed by atoms with Crippen LogP contribution < -0.4 is 16.0 Å². The third kappa shape index (κ3) is 10.00. The number of aliphatic hydroxyl groups excluding tert-OH is 1. The maximum absolute atomic E-state index is 12.6. The monoisotopic (exact) mass is 596 g/mol. The maximum atomic E-state index is 12.6. The molecule has 0 saturated heterocycles. The van der Waals surface area contributed by atoms with Crippen molar-refractivity contribution in [3.63, 3.8) is 0 Å². The molecule has 1 saturated carbocycles. The molecule has 3 amide bonds. The van der Waals surface area contributed by atoms with Gasteiger partial charge in [-0.05, 0) is 66.7 Å². The molecule has 220 valence electrons. The van der Waals surface area contributed by atoms with Crippen LogP contribution in [-0.4, -0.2) is 91.9 Å². The number of alkyl carbamates (subject to hydrolysis) is 2. The Kier molecular flexibility index (Phi) is 12.6. The summed E-state index contributed by atoms with van der Waals surface area (Å²) in [5.41, 5.74) is -2.88. The lowest BCUT2D eigenvalue weighted by Crippen LogP contribution is -2.49. The summed E-state index contributed by atoms with van der Waals surface area (Å²) in [6.07, 6.45) is 4.40. The first-order valence-electron chi connectivity index (χ1n) is 12.2. The van der Waals surface area contributed by atoms with Crippen LogP contribution in [0.15, 0.2) is 4.99 Å². The number of ether oxygens (including phenoxy) is 2. The molecule has 1 fully saturated rings. The van der Waals surface area contributed by atoms with Gasteiger partial charge in [-0.1, -0.05) is 0 Å². The van der Waals surface area contributed by atoms with Crippen molar-refractivity contribution >= 4 is 59.3 Å². The number of nitrogens with one attached hydrogen (secondary N) is 3. The summed E-state index contributed by atoms with van der Waals surface area (Å²) in [4.78, 5) is 41.7. The normalized spacial score (nSPS) is 22.7. The van der Waals surface area contributed by atoms with E-state index in [0.717, 1.165) is 0 Å². The third-order valence-electron chi connectivity index (χ3n) is 5.63. The minimum absolute atomic E-state index is 0.145. The molecule has 38 heavy (non-hydrogen) atoms. The van der Waals surface area contributed by atoms with E-state index in [2.05, 4.69) is 20.9 Å². The number of hydrogen-bond donors (Lipinski definition) is 5. The van der Waals surface area contributed by atoms with Gasteiger partial charge in [0.05, 0.1) is 18.7 Å². The molecule has 0 aromatic carbocycles. The Morgan fingerprint density at radius 3 is 1.74 bits per heavy atom. The Morgan fingerprint density at radius 2 is 1.39 bits per heavy atom. The van der Waals surface area contributed by atoms with Gasteiger partial charge in [-0.15, -0.1) is 35.3 Å². The van der Waals surface area contributed by atoms with Gasteiger partial charge < -0.3 is 25.0 Å². The Balaban J connectivity index is 3.55. The molecule has 0 aromatic rings. The number of rotatable bonds is 8. The van der Waals surface area contributed by atoms with Crippen LogP contribution in [0, 0.1) is 5.92 Å². The minimum atomic E-state index is -1.26. The highest BCUT2D eigenvalue weighted by Crippen LogP contribution is 2.58. The number of carbonyl (C=O) groups is 3. The Hall–Kier alpha value is -1.35. The summed E-state index contributed by atoms with van der Waals surface area (Å²) in [6, 6.07) is -1.42. The van der Waals surface area contributed by atoms with E-state index in [4.69, 9.17) is 9.47 Å². The lowest BCUT2D eigenvalue weighted by molar-refractivity contribution is -0.120. The SMILES string of the molecule is CSC(SC)(SC)[C@]1(O)CC(N=C(NC(=O)OC(C)(C)C)NC(=O)OC(C)(C)C)C(C(CO)NC(C)=O)C1. The smallest absolute Gasteiger partial charge is 0.414 e. The Labute approximate surface area is 238 Å². The van der Waals surface area contributed by atoms with E-state index in [1.807, 2.05) is 18.8 Å². The zero-order valence-electron chi connectivity index (χ0n) is 24.0. The molecule has 1 aliphatic rings.